The number of pyridine rings is 1. The first-order chi connectivity index (χ1) is 16.1. The molecule has 4 heterocycles. The second-order valence-corrected chi connectivity index (χ2v) is 8.58. The summed E-state index contributed by atoms with van der Waals surface area (Å²) in [5, 5.41) is 18.3. The lowest BCUT2D eigenvalue weighted by Gasteiger charge is -2.26. The highest BCUT2D eigenvalue weighted by Gasteiger charge is 2.27. The number of H-pyrrole nitrogens is 1. The number of anilines is 1. The Morgan fingerprint density at radius 2 is 2.06 bits per heavy atom. The van der Waals surface area contributed by atoms with Crippen LogP contribution in [0.25, 0.3) is 17.5 Å². The van der Waals surface area contributed by atoms with Gasteiger partial charge in [-0.2, -0.15) is 0 Å². The monoisotopic (exact) mass is 446 g/mol. The van der Waals surface area contributed by atoms with E-state index in [-0.39, 0.29) is 18.0 Å². The zero-order valence-electron chi connectivity index (χ0n) is 18.3. The normalized spacial score (nSPS) is 20.8. The van der Waals surface area contributed by atoms with Gasteiger partial charge in [0.25, 0.3) is 0 Å². The average Bonchev–Trinajstić information content (AvgIpc) is 3.58. The molecule has 0 aliphatic carbocycles. The molecule has 5 rings (SSSR count). The summed E-state index contributed by atoms with van der Waals surface area (Å²) in [7, 11) is 0. The molecular formula is C25H27FN6O. The van der Waals surface area contributed by atoms with Crippen molar-refractivity contribution in [2.24, 2.45) is 0 Å². The van der Waals surface area contributed by atoms with Gasteiger partial charge in [-0.05, 0) is 61.2 Å². The Kier molecular flexibility index (Phi) is 5.92. The minimum Gasteiger partial charge on any atom is -0.391 e. The minimum atomic E-state index is -0.300. The molecule has 2 saturated heterocycles. The Morgan fingerprint density at radius 3 is 2.88 bits per heavy atom. The Morgan fingerprint density at radius 1 is 1.18 bits per heavy atom. The maximum atomic E-state index is 13.7. The third-order valence-corrected chi connectivity index (χ3v) is 6.29. The minimum absolute atomic E-state index is 0.0149. The molecule has 0 amide bonds. The summed E-state index contributed by atoms with van der Waals surface area (Å²) in [5.41, 5.74) is 2.48. The van der Waals surface area contributed by atoms with E-state index in [0.717, 1.165) is 55.1 Å². The van der Waals surface area contributed by atoms with E-state index < -0.39 is 0 Å². The number of hydrogen-bond acceptors (Lipinski definition) is 5. The van der Waals surface area contributed by atoms with Crippen LogP contribution in [-0.4, -0.2) is 56.5 Å². The number of aliphatic hydroxyl groups is 1. The van der Waals surface area contributed by atoms with Crippen LogP contribution in [0.15, 0.2) is 54.7 Å². The summed E-state index contributed by atoms with van der Waals surface area (Å²) >= 11 is 0. The first kappa shape index (κ1) is 21.3. The van der Waals surface area contributed by atoms with E-state index in [1.807, 2.05) is 29.2 Å². The molecule has 2 aliphatic heterocycles. The highest BCUT2D eigenvalue weighted by atomic mass is 19.1. The van der Waals surface area contributed by atoms with Crippen molar-refractivity contribution in [3.8, 4) is 11.4 Å². The standard InChI is InChI=1S/C25H27FN6O/c26-18-5-1-4-17(14-18)22-7-3-12-32(22)23(27)9-10-24-28-15-21(29-24)20-6-2-8-25(30-20)31-13-11-19(33)16-31/h1-2,4-6,8-10,14-15,19,22,27,33H,3,7,11-13,16H2,(H,28,29)/b10-9-,27-23?/t19-,22?/m1/s1. The fourth-order valence-corrected chi connectivity index (χ4v) is 4.62. The van der Waals surface area contributed by atoms with E-state index in [1.165, 1.54) is 6.07 Å². The lowest BCUT2D eigenvalue weighted by atomic mass is 10.0. The van der Waals surface area contributed by atoms with Gasteiger partial charge in [0.05, 0.1) is 29.7 Å². The molecule has 2 atom stereocenters. The van der Waals surface area contributed by atoms with E-state index in [2.05, 4.69) is 14.9 Å². The molecule has 33 heavy (non-hydrogen) atoms. The number of imidazole rings is 1. The van der Waals surface area contributed by atoms with Crippen LogP contribution in [0.1, 0.15) is 36.7 Å². The van der Waals surface area contributed by atoms with Gasteiger partial charge in [-0.15, -0.1) is 0 Å². The van der Waals surface area contributed by atoms with Gasteiger partial charge in [0.1, 0.15) is 23.3 Å². The van der Waals surface area contributed by atoms with Crippen LogP contribution in [0.4, 0.5) is 10.2 Å². The van der Waals surface area contributed by atoms with Crippen LogP contribution in [0, 0.1) is 11.2 Å². The Balaban J connectivity index is 1.28. The van der Waals surface area contributed by atoms with Gasteiger partial charge in [0.15, 0.2) is 0 Å². The molecule has 2 fully saturated rings. The molecule has 2 aromatic heterocycles. The lowest BCUT2D eigenvalue weighted by molar-refractivity contribution is 0.198. The van der Waals surface area contributed by atoms with Crippen molar-refractivity contribution < 1.29 is 9.50 Å². The summed E-state index contributed by atoms with van der Waals surface area (Å²) in [6, 6.07) is 12.5. The van der Waals surface area contributed by atoms with E-state index in [4.69, 9.17) is 10.4 Å². The van der Waals surface area contributed by atoms with Crippen molar-refractivity contribution in [2.45, 2.75) is 31.4 Å². The van der Waals surface area contributed by atoms with Gasteiger partial charge in [-0.25, -0.2) is 14.4 Å². The Hall–Kier alpha value is -3.52. The van der Waals surface area contributed by atoms with Gasteiger partial charge < -0.3 is 19.9 Å². The van der Waals surface area contributed by atoms with Crippen LogP contribution in [0.5, 0.6) is 0 Å². The van der Waals surface area contributed by atoms with E-state index in [1.54, 1.807) is 30.5 Å². The van der Waals surface area contributed by atoms with Crippen LogP contribution < -0.4 is 4.90 Å². The number of nitrogens with zero attached hydrogens (tertiary/aromatic N) is 4. The predicted molar refractivity (Wildman–Crippen MR) is 126 cm³/mol. The molecule has 0 radical (unpaired) electrons. The molecule has 8 heteroatoms. The lowest BCUT2D eigenvalue weighted by Crippen LogP contribution is -2.28. The van der Waals surface area contributed by atoms with E-state index >= 15 is 0 Å². The van der Waals surface area contributed by atoms with Crippen molar-refractivity contribution in [1.29, 1.82) is 5.41 Å². The highest BCUT2D eigenvalue weighted by molar-refractivity contribution is 5.94. The Bertz CT molecular complexity index is 1170. The largest absolute Gasteiger partial charge is 0.391 e. The second kappa shape index (κ2) is 9.15. The van der Waals surface area contributed by atoms with E-state index in [0.29, 0.717) is 18.2 Å². The number of aliphatic hydroxyl groups excluding tert-OH is 1. The molecule has 2 aliphatic rings. The van der Waals surface area contributed by atoms with Crippen molar-refractivity contribution in [2.75, 3.05) is 24.5 Å². The van der Waals surface area contributed by atoms with Crippen LogP contribution >= 0.6 is 0 Å². The fraction of sp³-hybridized carbons (Fsp3) is 0.320. The second-order valence-electron chi connectivity index (χ2n) is 8.58. The number of aromatic nitrogens is 3. The maximum Gasteiger partial charge on any atom is 0.130 e. The van der Waals surface area contributed by atoms with Crippen molar-refractivity contribution in [3.63, 3.8) is 0 Å². The molecule has 3 aromatic rings. The molecule has 0 spiro atoms. The van der Waals surface area contributed by atoms with E-state index in [9.17, 15) is 9.50 Å². The highest BCUT2D eigenvalue weighted by Crippen LogP contribution is 2.32. The summed E-state index contributed by atoms with van der Waals surface area (Å²) < 4.78 is 13.7. The number of β-amino-alcohol motifs (C(OH)–C–C–N with tert-alkyl or cyclic N) is 1. The molecule has 1 unspecified atom stereocenters. The average molecular weight is 447 g/mol. The fourth-order valence-electron chi connectivity index (χ4n) is 4.62. The molecule has 1 aromatic carbocycles. The summed E-state index contributed by atoms with van der Waals surface area (Å²) in [6.45, 7) is 2.17. The number of likely N-dealkylation sites (tertiary alicyclic amines) is 1. The number of nitrogens with one attached hydrogen (secondary N) is 2. The molecule has 7 nitrogen and oxygen atoms in total. The number of halogens is 1. The van der Waals surface area contributed by atoms with Gasteiger partial charge in [0.2, 0.25) is 0 Å². The topological polar surface area (TPSA) is 92.1 Å². The zero-order valence-corrected chi connectivity index (χ0v) is 18.3. The molecule has 3 N–H and O–H groups in total. The van der Waals surface area contributed by atoms with Crippen LogP contribution in [0.2, 0.25) is 0 Å². The van der Waals surface area contributed by atoms with Gasteiger partial charge in [-0.3, -0.25) is 5.41 Å². The maximum absolute atomic E-state index is 13.7. The number of aromatic amines is 1. The number of benzene rings is 1. The van der Waals surface area contributed by atoms with Gasteiger partial charge in [0, 0.05) is 19.6 Å². The van der Waals surface area contributed by atoms with Crippen LogP contribution in [-0.2, 0) is 0 Å². The quantitative estimate of drug-likeness (QED) is 0.407. The smallest absolute Gasteiger partial charge is 0.130 e. The Labute approximate surface area is 192 Å². The molecule has 170 valence electrons. The number of hydrogen-bond donors (Lipinski definition) is 3. The summed E-state index contributed by atoms with van der Waals surface area (Å²) in [5.74, 6) is 1.62. The molecular weight excluding hydrogens is 419 g/mol. The first-order valence-corrected chi connectivity index (χ1v) is 11.3. The van der Waals surface area contributed by atoms with Crippen molar-refractivity contribution in [1.82, 2.24) is 19.9 Å². The summed E-state index contributed by atoms with van der Waals surface area (Å²) in [4.78, 5) is 16.5. The molecule has 0 bridgehead atoms. The van der Waals surface area contributed by atoms with Crippen molar-refractivity contribution >= 4 is 17.7 Å². The summed E-state index contributed by atoms with van der Waals surface area (Å²) in [6.07, 6.45) is 7.58. The number of rotatable bonds is 5. The van der Waals surface area contributed by atoms with Crippen LogP contribution in [0.3, 0.4) is 0 Å². The first-order valence-electron chi connectivity index (χ1n) is 11.3. The van der Waals surface area contributed by atoms with Gasteiger partial charge >= 0.3 is 0 Å². The van der Waals surface area contributed by atoms with Crippen molar-refractivity contribution in [3.05, 3.63) is 71.9 Å². The van der Waals surface area contributed by atoms with Gasteiger partial charge in [-0.1, -0.05) is 18.2 Å². The zero-order chi connectivity index (χ0) is 22.8. The third-order valence-electron chi connectivity index (χ3n) is 6.29. The SMILES string of the molecule is N=C(/C=C\c1ncc(-c2cccc(N3CC[C@@H](O)C3)n2)[nH]1)N1CCCC1c1cccc(F)c1. The number of amidine groups is 1. The third kappa shape index (κ3) is 4.66. The molecule has 0 saturated carbocycles. The predicted octanol–water partition coefficient (Wildman–Crippen LogP) is 4.01.